The molecule has 12 heavy (non-hydrogen) atoms. The fourth-order valence-corrected chi connectivity index (χ4v) is 1.06. The first-order valence-corrected chi connectivity index (χ1v) is 4.28. The van der Waals surface area contributed by atoms with Crippen molar-refractivity contribution in [2.45, 2.75) is 39.3 Å². The summed E-state index contributed by atoms with van der Waals surface area (Å²) in [4.78, 5) is 4.12. The molecule has 0 aliphatic carbocycles. The number of imidazole rings is 1. The van der Waals surface area contributed by atoms with Gasteiger partial charge in [0, 0.05) is 12.7 Å². The fraction of sp³-hybridized carbons (Fsp3) is 0.667. The van der Waals surface area contributed by atoms with Crippen molar-refractivity contribution >= 4 is 0 Å². The molecule has 0 saturated heterocycles. The quantitative estimate of drug-likeness (QED) is 0.743. The molecule has 3 nitrogen and oxygen atoms in total. The van der Waals surface area contributed by atoms with Gasteiger partial charge in [0.05, 0.1) is 12.0 Å². The van der Waals surface area contributed by atoms with Crippen molar-refractivity contribution in [3.63, 3.8) is 0 Å². The van der Waals surface area contributed by atoms with Crippen molar-refractivity contribution < 1.29 is 5.11 Å². The number of hydrogen-bond acceptors (Lipinski definition) is 2. The predicted molar refractivity (Wildman–Crippen MR) is 47.8 cm³/mol. The van der Waals surface area contributed by atoms with Gasteiger partial charge >= 0.3 is 0 Å². The number of aromatic nitrogens is 2. The monoisotopic (exact) mass is 168 g/mol. The lowest BCUT2D eigenvalue weighted by Crippen LogP contribution is -2.15. The lowest BCUT2D eigenvalue weighted by Gasteiger charge is -2.12. The molecule has 1 rings (SSSR count). The van der Waals surface area contributed by atoms with Gasteiger partial charge in [-0.25, -0.2) is 4.98 Å². The SMILES string of the molecule is CCCn1cnc(C(C)(C)O)c1. The Morgan fingerprint density at radius 2 is 2.25 bits per heavy atom. The Balaban J connectivity index is 2.77. The van der Waals surface area contributed by atoms with E-state index in [-0.39, 0.29) is 0 Å². The van der Waals surface area contributed by atoms with Crippen LogP contribution in [0.5, 0.6) is 0 Å². The van der Waals surface area contributed by atoms with Crippen LogP contribution in [0.1, 0.15) is 32.9 Å². The van der Waals surface area contributed by atoms with E-state index in [1.165, 1.54) is 0 Å². The van der Waals surface area contributed by atoms with E-state index in [9.17, 15) is 5.11 Å². The number of aryl methyl sites for hydroxylation is 1. The Morgan fingerprint density at radius 1 is 1.58 bits per heavy atom. The molecular formula is C9H16N2O. The van der Waals surface area contributed by atoms with Crippen molar-refractivity contribution in [2.75, 3.05) is 0 Å². The number of nitrogens with zero attached hydrogens (tertiary/aromatic N) is 2. The zero-order valence-electron chi connectivity index (χ0n) is 7.91. The molecule has 0 saturated carbocycles. The van der Waals surface area contributed by atoms with E-state index >= 15 is 0 Å². The second kappa shape index (κ2) is 3.27. The fourth-order valence-electron chi connectivity index (χ4n) is 1.06. The van der Waals surface area contributed by atoms with Crippen molar-refractivity contribution in [1.29, 1.82) is 0 Å². The second-order valence-electron chi connectivity index (χ2n) is 3.56. The van der Waals surface area contributed by atoms with E-state index in [1.807, 2.05) is 10.8 Å². The van der Waals surface area contributed by atoms with E-state index in [0.717, 1.165) is 18.7 Å². The van der Waals surface area contributed by atoms with Gasteiger partial charge in [-0.15, -0.1) is 0 Å². The van der Waals surface area contributed by atoms with E-state index in [0.29, 0.717) is 0 Å². The van der Waals surface area contributed by atoms with Crippen LogP contribution >= 0.6 is 0 Å². The molecular weight excluding hydrogens is 152 g/mol. The summed E-state index contributed by atoms with van der Waals surface area (Å²) in [6, 6.07) is 0. The molecule has 0 aliphatic rings. The molecule has 3 heteroatoms. The van der Waals surface area contributed by atoms with Crippen molar-refractivity contribution in [3.8, 4) is 0 Å². The van der Waals surface area contributed by atoms with E-state index in [1.54, 1.807) is 20.2 Å². The summed E-state index contributed by atoms with van der Waals surface area (Å²) < 4.78 is 1.99. The normalized spacial score (nSPS) is 12.0. The molecule has 1 heterocycles. The van der Waals surface area contributed by atoms with Gasteiger partial charge in [0.1, 0.15) is 5.60 Å². The first-order valence-electron chi connectivity index (χ1n) is 4.28. The Kier molecular flexibility index (Phi) is 2.52. The minimum Gasteiger partial charge on any atom is -0.384 e. The highest BCUT2D eigenvalue weighted by Gasteiger charge is 2.18. The van der Waals surface area contributed by atoms with E-state index in [4.69, 9.17) is 0 Å². The summed E-state index contributed by atoms with van der Waals surface area (Å²) in [5.41, 5.74) is -0.0881. The van der Waals surface area contributed by atoms with Gasteiger partial charge in [-0.2, -0.15) is 0 Å². The van der Waals surface area contributed by atoms with Crippen molar-refractivity contribution in [3.05, 3.63) is 18.2 Å². The molecule has 0 aliphatic heterocycles. The smallest absolute Gasteiger partial charge is 0.102 e. The van der Waals surface area contributed by atoms with Gasteiger partial charge in [-0.1, -0.05) is 6.92 Å². The van der Waals surface area contributed by atoms with E-state index in [2.05, 4.69) is 11.9 Å². The maximum Gasteiger partial charge on any atom is 0.102 e. The zero-order valence-corrected chi connectivity index (χ0v) is 7.91. The molecule has 0 unspecified atom stereocenters. The Hall–Kier alpha value is -0.830. The van der Waals surface area contributed by atoms with Crippen LogP contribution in [0.4, 0.5) is 0 Å². The number of hydrogen-bond donors (Lipinski definition) is 1. The predicted octanol–water partition coefficient (Wildman–Crippen LogP) is 1.52. The van der Waals surface area contributed by atoms with Gasteiger partial charge < -0.3 is 9.67 Å². The summed E-state index contributed by atoms with van der Waals surface area (Å²) in [5, 5.41) is 9.59. The average Bonchev–Trinajstić information content (AvgIpc) is 2.35. The lowest BCUT2D eigenvalue weighted by molar-refractivity contribution is 0.0742. The lowest BCUT2D eigenvalue weighted by atomic mass is 10.1. The minimum atomic E-state index is -0.820. The number of rotatable bonds is 3. The van der Waals surface area contributed by atoms with Gasteiger partial charge in [0.2, 0.25) is 0 Å². The molecule has 0 amide bonds. The highest BCUT2D eigenvalue weighted by Crippen LogP contribution is 2.16. The minimum absolute atomic E-state index is 0.732. The van der Waals surface area contributed by atoms with Gasteiger partial charge in [-0.05, 0) is 20.3 Å². The van der Waals surface area contributed by atoms with Crippen LogP contribution in [0.3, 0.4) is 0 Å². The van der Waals surface area contributed by atoms with Crippen LogP contribution in [0.2, 0.25) is 0 Å². The maximum atomic E-state index is 9.59. The van der Waals surface area contributed by atoms with Crippen molar-refractivity contribution in [1.82, 2.24) is 9.55 Å². The molecule has 0 radical (unpaired) electrons. The molecule has 68 valence electrons. The van der Waals surface area contributed by atoms with Gasteiger partial charge in [-0.3, -0.25) is 0 Å². The Bertz CT molecular complexity index is 247. The third-order valence-corrected chi connectivity index (χ3v) is 1.74. The average molecular weight is 168 g/mol. The molecule has 1 aromatic rings. The topological polar surface area (TPSA) is 38.0 Å². The molecule has 0 atom stereocenters. The number of aliphatic hydroxyl groups is 1. The molecule has 0 aromatic carbocycles. The van der Waals surface area contributed by atoms with Gasteiger partial charge in [0.15, 0.2) is 0 Å². The standard InChI is InChI=1S/C9H16N2O/c1-4-5-11-6-8(10-7-11)9(2,3)12/h6-7,12H,4-5H2,1-3H3. The second-order valence-corrected chi connectivity index (χ2v) is 3.56. The summed E-state index contributed by atoms with van der Waals surface area (Å²) in [6.07, 6.45) is 4.74. The summed E-state index contributed by atoms with van der Waals surface area (Å²) in [6.45, 7) is 6.56. The molecule has 0 fully saturated rings. The molecule has 1 aromatic heterocycles. The maximum absolute atomic E-state index is 9.59. The summed E-state index contributed by atoms with van der Waals surface area (Å²) in [7, 11) is 0. The first kappa shape index (κ1) is 9.26. The summed E-state index contributed by atoms with van der Waals surface area (Å²) in [5.74, 6) is 0. The molecule has 0 bridgehead atoms. The zero-order chi connectivity index (χ0) is 9.19. The highest BCUT2D eigenvalue weighted by molar-refractivity contribution is 5.05. The molecule has 1 N–H and O–H groups in total. The van der Waals surface area contributed by atoms with Crippen LogP contribution in [0.25, 0.3) is 0 Å². The largest absolute Gasteiger partial charge is 0.384 e. The summed E-state index contributed by atoms with van der Waals surface area (Å²) >= 11 is 0. The van der Waals surface area contributed by atoms with E-state index < -0.39 is 5.60 Å². The first-order chi connectivity index (χ1) is 5.54. The Labute approximate surface area is 73.1 Å². The van der Waals surface area contributed by atoms with Gasteiger partial charge in [0.25, 0.3) is 0 Å². The van der Waals surface area contributed by atoms with Crippen LogP contribution in [0, 0.1) is 0 Å². The molecule has 0 spiro atoms. The third kappa shape index (κ3) is 2.08. The third-order valence-electron chi connectivity index (χ3n) is 1.74. The van der Waals surface area contributed by atoms with Crippen LogP contribution < -0.4 is 0 Å². The van der Waals surface area contributed by atoms with Crippen LogP contribution in [-0.2, 0) is 12.1 Å². The van der Waals surface area contributed by atoms with Crippen molar-refractivity contribution in [2.24, 2.45) is 0 Å². The highest BCUT2D eigenvalue weighted by atomic mass is 16.3. The van der Waals surface area contributed by atoms with Crippen LogP contribution in [0.15, 0.2) is 12.5 Å². The Morgan fingerprint density at radius 3 is 2.67 bits per heavy atom. The van der Waals surface area contributed by atoms with Crippen LogP contribution in [-0.4, -0.2) is 14.7 Å².